The Balaban J connectivity index is 1.40. The van der Waals surface area contributed by atoms with Crippen molar-refractivity contribution in [3.8, 4) is 0 Å². The van der Waals surface area contributed by atoms with Gasteiger partial charge < -0.3 is 15.2 Å². The predicted octanol–water partition coefficient (Wildman–Crippen LogP) is 4.40. The van der Waals surface area contributed by atoms with Crippen LogP contribution in [0.1, 0.15) is 48.8 Å². The Morgan fingerprint density at radius 3 is 2.29 bits per heavy atom. The maximum Gasteiger partial charge on any atom is 0.143 e. The van der Waals surface area contributed by atoms with Crippen LogP contribution in [0.25, 0.3) is 0 Å². The van der Waals surface area contributed by atoms with E-state index in [1.807, 2.05) is 0 Å². The molecule has 1 saturated heterocycles. The summed E-state index contributed by atoms with van der Waals surface area (Å²) in [6.07, 6.45) is 7.45. The first-order valence-electron chi connectivity index (χ1n) is 10.9. The summed E-state index contributed by atoms with van der Waals surface area (Å²) in [5, 5.41) is 10.6. The molecule has 0 bridgehead atoms. The fourth-order valence-electron chi connectivity index (χ4n) is 4.91. The normalized spacial score (nSPS) is 18.4. The highest BCUT2D eigenvalue weighted by Gasteiger charge is 2.50. The lowest BCUT2D eigenvalue weighted by Crippen LogP contribution is -2.34. The highest BCUT2D eigenvalue weighted by molar-refractivity contribution is 6.38. The molecule has 3 heterocycles. The molecule has 2 N–H and O–H groups in total. The molecule has 0 spiro atoms. The zero-order chi connectivity index (χ0) is 21.4. The molecule has 1 aliphatic heterocycles. The number of nitrogens with two attached hydrogens (primary N) is 1. The van der Waals surface area contributed by atoms with Gasteiger partial charge in [-0.15, -0.1) is 10.2 Å². The lowest BCUT2D eigenvalue weighted by Gasteiger charge is -2.34. The first-order valence-corrected chi connectivity index (χ1v) is 11.6. The molecule has 0 amide bonds. The van der Waals surface area contributed by atoms with E-state index >= 15 is 0 Å². The van der Waals surface area contributed by atoms with Gasteiger partial charge in [0.25, 0.3) is 0 Å². The summed E-state index contributed by atoms with van der Waals surface area (Å²) in [7, 11) is 0. The van der Waals surface area contributed by atoms with E-state index in [4.69, 9.17) is 39.1 Å². The van der Waals surface area contributed by atoms with Gasteiger partial charge in [0.15, 0.2) is 0 Å². The van der Waals surface area contributed by atoms with E-state index in [2.05, 4.69) is 44.8 Å². The summed E-state index contributed by atoms with van der Waals surface area (Å²) in [5.41, 5.74) is 8.19. The fourth-order valence-corrected chi connectivity index (χ4v) is 5.52. The summed E-state index contributed by atoms with van der Waals surface area (Å²) < 4.78 is 2.30. The van der Waals surface area contributed by atoms with Crippen LogP contribution < -0.4 is 10.6 Å². The quantitative estimate of drug-likeness (QED) is 0.594. The van der Waals surface area contributed by atoms with Gasteiger partial charge in [0.05, 0.1) is 21.1 Å². The zero-order valence-electron chi connectivity index (χ0n) is 17.3. The molecule has 0 unspecified atom stereocenters. The molecule has 3 aromatic rings. The number of hydrogen-bond donors (Lipinski definition) is 1. The van der Waals surface area contributed by atoms with E-state index in [1.54, 1.807) is 12.4 Å². The number of piperidine rings is 1. The van der Waals surface area contributed by atoms with Crippen LogP contribution in [0.15, 0.2) is 42.7 Å². The lowest BCUT2D eigenvalue weighted by atomic mass is 9.93. The van der Waals surface area contributed by atoms with Crippen molar-refractivity contribution in [1.29, 1.82) is 0 Å². The second-order valence-electron chi connectivity index (χ2n) is 8.48. The highest BCUT2D eigenvalue weighted by Crippen LogP contribution is 2.53. The summed E-state index contributed by atoms with van der Waals surface area (Å²) >= 11 is 12.7. The van der Waals surface area contributed by atoms with Crippen molar-refractivity contribution in [3.05, 3.63) is 70.0 Å². The third-order valence-electron chi connectivity index (χ3n) is 6.64. The standard InChI is InChI=1S/C23H26Cl2N6/c24-18-14-27-15-19(25)20(18)30-11-6-16(7-12-30)21-28-29-22(31(21)13-10-26)23(8-9-23)17-4-2-1-3-5-17/h1-5,14-16H,6-13,26H2. The Labute approximate surface area is 192 Å². The third-order valence-corrected chi connectivity index (χ3v) is 7.19. The van der Waals surface area contributed by atoms with Crippen molar-refractivity contribution in [3.63, 3.8) is 0 Å². The Morgan fingerprint density at radius 1 is 1.00 bits per heavy atom. The summed E-state index contributed by atoms with van der Waals surface area (Å²) in [6.45, 7) is 3.05. The monoisotopic (exact) mass is 456 g/mol. The molecule has 8 heteroatoms. The van der Waals surface area contributed by atoms with Crippen molar-refractivity contribution in [1.82, 2.24) is 19.7 Å². The van der Waals surface area contributed by atoms with Gasteiger partial charge in [0.2, 0.25) is 0 Å². The minimum absolute atomic E-state index is 0.0134. The molecule has 2 aliphatic rings. The zero-order valence-corrected chi connectivity index (χ0v) is 18.9. The largest absolute Gasteiger partial charge is 0.369 e. The first kappa shape index (κ1) is 20.7. The molecule has 1 aromatic carbocycles. The molecule has 2 fully saturated rings. The minimum atomic E-state index is -0.0134. The van der Waals surface area contributed by atoms with Gasteiger partial charge >= 0.3 is 0 Å². The first-order chi connectivity index (χ1) is 15.1. The summed E-state index contributed by atoms with van der Waals surface area (Å²) in [5.74, 6) is 2.48. The second kappa shape index (κ2) is 8.41. The van der Waals surface area contributed by atoms with Crippen molar-refractivity contribution < 1.29 is 0 Å². The minimum Gasteiger partial charge on any atom is -0.369 e. The van der Waals surface area contributed by atoms with Gasteiger partial charge in [-0.3, -0.25) is 4.98 Å². The Morgan fingerprint density at radius 2 is 1.68 bits per heavy atom. The number of halogens is 2. The van der Waals surface area contributed by atoms with Crippen LogP contribution in [0.2, 0.25) is 10.0 Å². The van der Waals surface area contributed by atoms with Crippen LogP contribution in [-0.4, -0.2) is 39.4 Å². The predicted molar refractivity (Wildman–Crippen MR) is 124 cm³/mol. The van der Waals surface area contributed by atoms with E-state index in [9.17, 15) is 0 Å². The summed E-state index contributed by atoms with van der Waals surface area (Å²) in [6, 6.07) is 10.7. The number of nitrogens with zero attached hydrogens (tertiary/aromatic N) is 5. The topological polar surface area (TPSA) is 72.9 Å². The van der Waals surface area contributed by atoms with Crippen LogP contribution in [-0.2, 0) is 12.0 Å². The fraction of sp³-hybridized carbons (Fsp3) is 0.435. The Kier molecular flexibility index (Phi) is 5.63. The van der Waals surface area contributed by atoms with Crippen molar-refractivity contribution in [2.24, 2.45) is 5.73 Å². The second-order valence-corrected chi connectivity index (χ2v) is 9.30. The summed E-state index contributed by atoms with van der Waals surface area (Å²) in [4.78, 5) is 6.32. The van der Waals surface area contributed by atoms with Crippen molar-refractivity contribution in [2.75, 3.05) is 24.5 Å². The average molecular weight is 457 g/mol. The molecule has 1 saturated carbocycles. The molecular weight excluding hydrogens is 431 g/mol. The van der Waals surface area contributed by atoms with Crippen molar-refractivity contribution >= 4 is 28.9 Å². The van der Waals surface area contributed by atoms with Crippen molar-refractivity contribution in [2.45, 2.75) is 43.6 Å². The molecule has 5 rings (SSSR count). The molecular formula is C23H26Cl2N6. The number of anilines is 1. The van der Waals surface area contributed by atoms with Gasteiger partial charge in [-0.2, -0.15) is 0 Å². The highest BCUT2D eigenvalue weighted by atomic mass is 35.5. The molecule has 0 radical (unpaired) electrons. The van der Waals surface area contributed by atoms with Gasteiger partial charge in [0, 0.05) is 44.5 Å². The lowest BCUT2D eigenvalue weighted by molar-refractivity contribution is 0.459. The molecule has 31 heavy (non-hydrogen) atoms. The van der Waals surface area contributed by atoms with Crippen LogP contribution >= 0.6 is 23.2 Å². The third kappa shape index (κ3) is 3.71. The SMILES string of the molecule is NCCn1c(C2CCN(c3c(Cl)cncc3Cl)CC2)nnc1C1(c2ccccc2)CC1. The molecule has 1 aliphatic carbocycles. The van der Waals surface area contributed by atoms with Crippen LogP contribution in [0.5, 0.6) is 0 Å². The number of hydrogen-bond acceptors (Lipinski definition) is 5. The maximum atomic E-state index is 6.37. The van der Waals surface area contributed by atoms with E-state index in [0.717, 1.165) is 62.7 Å². The Bertz CT molecular complexity index is 1030. The van der Waals surface area contributed by atoms with Crippen LogP contribution in [0.4, 0.5) is 5.69 Å². The maximum absolute atomic E-state index is 6.37. The van der Waals surface area contributed by atoms with E-state index < -0.39 is 0 Å². The molecule has 2 aromatic heterocycles. The van der Waals surface area contributed by atoms with Gasteiger partial charge in [-0.25, -0.2) is 0 Å². The van der Waals surface area contributed by atoms with E-state index in [-0.39, 0.29) is 5.41 Å². The average Bonchev–Trinajstić information content (AvgIpc) is 3.49. The number of aromatic nitrogens is 4. The number of pyridine rings is 1. The smallest absolute Gasteiger partial charge is 0.143 e. The van der Waals surface area contributed by atoms with Crippen LogP contribution in [0, 0.1) is 0 Å². The van der Waals surface area contributed by atoms with Gasteiger partial charge in [0.1, 0.15) is 11.6 Å². The van der Waals surface area contributed by atoms with Crippen LogP contribution in [0.3, 0.4) is 0 Å². The molecule has 6 nitrogen and oxygen atoms in total. The van der Waals surface area contributed by atoms with E-state index in [1.165, 1.54) is 5.56 Å². The van der Waals surface area contributed by atoms with E-state index in [0.29, 0.717) is 22.5 Å². The molecule has 0 atom stereocenters. The number of benzene rings is 1. The Hall–Kier alpha value is -2.15. The van der Waals surface area contributed by atoms with Gasteiger partial charge in [-0.05, 0) is 31.2 Å². The molecule has 162 valence electrons. The van der Waals surface area contributed by atoms with Gasteiger partial charge in [-0.1, -0.05) is 53.5 Å². The number of rotatable bonds is 6.